The van der Waals surface area contributed by atoms with Gasteiger partial charge in [-0.15, -0.1) is 21.5 Å². The molecule has 0 spiro atoms. The summed E-state index contributed by atoms with van der Waals surface area (Å²) in [7, 11) is 0. The van der Waals surface area contributed by atoms with Crippen LogP contribution in [0.1, 0.15) is 288 Å². The predicted octanol–water partition coefficient (Wildman–Crippen LogP) is 23.5. The third-order valence-corrected chi connectivity index (χ3v) is 15.7. The lowest BCUT2D eigenvalue weighted by Crippen LogP contribution is -2.21. The lowest BCUT2D eigenvalue weighted by Gasteiger charge is -2.23. The van der Waals surface area contributed by atoms with Gasteiger partial charge in [-0.05, 0) is 129 Å². The van der Waals surface area contributed by atoms with Crippen LogP contribution in [-0.2, 0) is 48.9 Å². The molecular formula is C84H127N11O5S. The van der Waals surface area contributed by atoms with Gasteiger partial charge in [-0.25, -0.2) is 15.0 Å². The molecule has 554 valence electrons. The fraction of sp³-hybridized carbons (Fsp3) is 0.512. The number of thiazole rings is 1. The van der Waals surface area contributed by atoms with Crippen molar-refractivity contribution in [1.29, 1.82) is 0 Å². The van der Waals surface area contributed by atoms with Crippen molar-refractivity contribution < 1.29 is 22.6 Å². The van der Waals surface area contributed by atoms with Crippen LogP contribution >= 0.6 is 11.3 Å². The highest BCUT2D eigenvalue weighted by Crippen LogP contribution is 2.32. The first kappa shape index (κ1) is 90.7. The molecule has 0 aliphatic rings. The van der Waals surface area contributed by atoms with Gasteiger partial charge in [0.1, 0.15) is 17.5 Å². The summed E-state index contributed by atoms with van der Waals surface area (Å²) < 4.78 is 24.5. The number of nitrogens with zero attached hydrogens (tertiary/aromatic N) is 11. The highest BCUT2D eigenvalue weighted by atomic mass is 32.1. The average molecular weight is 1400 g/mol. The molecule has 0 bridgehead atoms. The van der Waals surface area contributed by atoms with Crippen molar-refractivity contribution in [3.63, 3.8) is 0 Å². The molecule has 9 aromatic heterocycles. The van der Waals surface area contributed by atoms with Gasteiger partial charge in [-0.1, -0.05) is 229 Å². The molecule has 101 heavy (non-hydrogen) atoms. The SMILES string of the molecule is C.C.CC(=O)c1ccc(C(C)(C)C)cn1.CC(C)(C)c1cccnc1.CC(C)(C)c1nc2ccccc2o1.CC(C)(C)c1nc2ccccc2s1.CC(C)(C)c1ncco1.Cc1ccc(C(C)(C)C)cn1.Cc1cccn1C(C)(C)C.Cc1nnc(C(C)(C)C)o1.Cc1noc(C(C)(C)C)n1. The van der Waals surface area contributed by atoms with E-state index < -0.39 is 0 Å². The number of hydrogen-bond donors (Lipinski definition) is 0. The van der Waals surface area contributed by atoms with E-state index in [9.17, 15) is 4.79 Å². The zero-order valence-electron chi connectivity index (χ0n) is 66.1. The Morgan fingerprint density at radius 1 is 0.446 bits per heavy atom. The minimum atomic E-state index is -0.0265. The van der Waals surface area contributed by atoms with Crippen molar-refractivity contribution in [3.8, 4) is 0 Å². The molecule has 9 heterocycles. The number of aromatic nitrogens is 11. The van der Waals surface area contributed by atoms with Gasteiger partial charge in [0.2, 0.25) is 23.6 Å². The number of carbonyl (C=O) groups excluding carboxylic acids is 1. The predicted molar refractivity (Wildman–Crippen MR) is 423 cm³/mol. The third-order valence-electron chi connectivity index (χ3n) is 14.3. The maximum absolute atomic E-state index is 10.9. The normalized spacial score (nSPS) is 11.6. The minimum Gasteiger partial charge on any atom is -0.448 e. The monoisotopic (exact) mass is 1400 g/mol. The molecule has 0 saturated heterocycles. The summed E-state index contributed by atoms with van der Waals surface area (Å²) in [6, 6.07) is 32.4. The maximum atomic E-state index is 10.9. The fourth-order valence-corrected chi connectivity index (χ4v) is 9.19. The maximum Gasteiger partial charge on any atom is 0.232 e. The molecule has 16 nitrogen and oxygen atoms in total. The summed E-state index contributed by atoms with van der Waals surface area (Å²) in [5.74, 6) is 4.33. The molecule has 0 unspecified atom stereocenters. The number of Topliss-reactive ketones (excluding diaryl/α,β-unsaturated/α-hetero) is 1. The van der Waals surface area contributed by atoms with Crippen LogP contribution in [0.4, 0.5) is 0 Å². The summed E-state index contributed by atoms with van der Waals surface area (Å²) in [6.07, 6.45) is 12.8. The van der Waals surface area contributed by atoms with Crippen LogP contribution in [0.3, 0.4) is 0 Å². The molecule has 0 aliphatic heterocycles. The number of ketones is 1. The first-order valence-electron chi connectivity index (χ1n) is 34.0. The molecule has 0 N–H and O–H groups in total. The Kier molecular flexibility index (Phi) is 34.2. The van der Waals surface area contributed by atoms with Gasteiger partial charge < -0.3 is 22.3 Å². The van der Waals surface area contributed by atoms with Gasteiger partial charge in [0.05, 0.1) is 21.4 Å². The zero-order chi connectivity index (χ0) is 75.3. The van der Waals surface area contributed by atoms with Crippen molar-refractivity contribution in [2.24, 2.45) is 0 Å². The van der Waals surface area contributed by atoms with E-state index in [2.05, 4.69) is 262 Å². The molecule has 0 aliphatic carbocycles. The van der Waals surface area contributed by atoms with E-state index in [1.54, 1.807) is 49.2 Å². The summed E-state index contributed by atoms with van der Waals surface area (Å²) in [4.78, 5) is 40.5. The molecule has 0 radical (unpaired) electrons. The number of oxazole rings is 2. The van der Waals surface area contributed by atoms with Crippen molar-refractivity contribution in [2.75, 3.05) is 0 Å². The standard InChI is InChI=1S/C11H13NO.C11H15NO.C11H13NS.C10H15N.C9H15N.C9H13N.2C7H12N2O.C7H11NO.2CH4/c1-11(2,3)10-12-8-6-4-5-7-9(8)13-10;1-8(13)10-6-5-9(7-12-10)11(2,3)4;1-11(2,3)10-12-8-6-4-5-7-9(8)13-10;1-8-5-6-9(7-11-8)10(2,3)4;1-8-6-5-7-10(8)9(2,3)4;1-9(2,3)8-5-4-6-10-7-8;1-5-8-9-6(10-5)7(2,3)4;1-5-8-6(10-9-5)7(2,3)4;1-7(2,3)6-8-4-5-9-6;;/h4-7H,1-3H3;5-7H,1-4H3;4-7H,1-3H3;5-7H,1-4H3;5-7H,1-4H3;4-7H,1-3H3;2*1-4H3;4-5H,1-3H3;2*1H4. The number of benzene rings is 2. The molecule has 2 aromatic carbocycles. The molecule has 11 rings (SSSR count). The zero-order valence-corrected chi connectivity index (χ0v) is 67.0. The molecule has 0 saturated carbocycles. The van der Waals surface area contributed by atoms with Gasteiger partial charge in [0.25, 0.3) is 0 Å². The van der Waals surface area contributed by atoms with E-state index >= 15 is 0 Å². The molecule has 0 amide bonds. The minimum absolute atomic E-state index is 0. The van der Waals surface area contributed by atoms with E-state index in [1.165, 1.54) is 33.5 Å². The van der Waals surface area contributed by atoms with Gasteiger partial charge in [-0.3, -0.25) is 19.7 Å². The number of para-hydroxylation sites is 3. The van der Waals surface area contributed by atoms with Crippen molar-refractivity contribution in [1.82, 2.24) is 54.8 Å². The Morgan fingerprint density at radius 2 is 0.970 bits per heavy atom. The molecule has 0 atom stereocenters. The van der Waals surface area contributed by atoms with Crippen LogP contribution in [0.2, 0.25) is 0 Å². The lowest BCUT2D eigenvalue weighted by molar-refractivity contribution is 0.101. The van der Waals surface area contributed by atoms with Crippen molar-refractivity contribution in [2.45, 2.75) is 285 Å². The second kappa shape index (κ2) is 38.1. The molecular weight excluding hydrogens is 1280 g/mol. The van der Waals surface area contributed by atoms with E-state index in [-0.39, 0.29) is 69.5 Å². The second-order valence-corrected chi connectivity index (χ2v) is 34.7. The van der Waals surface area contributed by atoms with Gasteiger partial charge in [0, 0.05) is 88.8 Å². The Morgan fingerprint density at radius 3 is 1.30 bits per heavy atom. The van der Waals surface area contributed by atoms with Crippen LogP contribution < -0.4 is 0 Å². The molecule has 17 heteroatoms. The van der Waals surface area contributed by atoms with E-state index in [0.717, 1.165) is 39.7 Å². The smallest absolute Gasteiger partial charge is 0.232 e. The van der Waals surface area contributed by atoms with E-state index in [1.807, 2.05) is 110 Å². The highest BCUT2D eigenvalue weighted by Gasteiger charge is 2.24. The van der Waals surface area contributed by atoms with Crippen LogP contribution in [-0.4, -0.2) is 60.6 Å². The summed E-state index contributed by atoms with van der Waals surface area (Å²) in [5, 5.41) is 12.6. The highest BCUT2D eigenvalue weighted by molar-refractivity contribution is 7.18. The first-order valence-corrected chi connectivity index (χ1v) is 34.8. The Balaban J connectivity index is 0.000000568. The fourth-order valence-electron chi connectivity index (χ4n) is 8.16. The average Bonchev–Trinajstić information content (AvgIpc) is 1.69. The topological polar surface area (TPSA) is 203 Å². The Bertz CT molecular complexity index is 3890. The Hall–Kier alpha value is -8.31. The molecule has 11 aromatic rings. The second-order valence-electron chi connectivity index (χ2n) is 33.7. The number of rotatable bonds is 1. The van der Waals surface area contributed by atoms with E-state index in [0.29, 0.717) is 29.2 Å². The summed E-state index contributed by atoms with van der Waals surface area (Å²) in [5.41, 5.74) is 10.5. The first-order chi connectivity index (χ1) is 45.3. The van der Waals surface area contributed by atoms with Gasteiger partial charge in [-0.2, -0.15) is 4.98 Å². The number of carbonyl (C=O) groups is 1. The summed E-state index contributed by atoms with van der Waals surface area (Å²) >= 11 is 1.79. The van der Waals surface area contributed by atoms with E-state index in [4.69, 9.17) is 17.8 Å². The number of pyridine rings is 3. The van der Waals surface area contributed by atoms with Crippen LogP contribution in [0, 0.1) is 27.7 Å². The van der Waals surface area contributed by atoms with Crippen LogP contribution in [0.25, 0.3) is 21.3 Å². The van der Waals surface area contributed by atoms with Gasteiger partial charge >= 0.3 is 0 Å². The Labute approximate surface area is 612 Å². The number of hydrogen-bond acceptors (Lipinski definition) is 16. The molecule has 0 fully saturated rings. The number of aryl methyl sites for hydroxylation is 4. The van der Waals surface area contributed by atoms with Crippen LogP contribution in [0.15, 0.2) is 158 Å². The van der Waals surface area contributed by atoms with Gasteiger partial charge in [0.15, 0.2) is 23.1 Å². The number of fused-ring (bicyclic) bond motifs is 2. The van der Waals surface area contributed by atoms with Crippen LogP contribution in [0.5, 0.6) is 0 Å². The largest absolute Gasteiger partial charge is 0.448 e. The van der Waals surface area contributed by atoms with Crippen molar-refractivity contribution in [3.05, 3.63) is 215 Å². The lowest BCUT2D eigenvalue weighted by atomic mass is 9.88. The quantitative estimate of drug-likeness (QED) is 0.140. The van der Waals surface area contributed by atoms with Crippen molar-refractivity contribution >= 4 is 38.4 Å². The summed E-state index contributed by atoms with van der Waals surface area (Å²) in [6.45, 7) is 66.7. The third kappa shape index (κ3) is 32.5.